The first-order valence-corrected chi connectivity index (χ1v) is 15.5. The average molecular weight is 581 g/mol. The number of hydrogen-bond acceptors (Lipinski definition) is 6. The Bertz CT molecular complexity index is 1590. The number of carboxylic acid groups (broad SMARTS) is 1. The number of benzene rings is 2. The number of nitrogens with two attached hydrogens (primary N) is 1. The fourth-order valence-electron chi connectivity index (χ4n) is 5.26. The number of nitrogens with zero attached hydrogens (tertiary/aromatic N) is 3. The smallest absolute Gasteiger partial charge is 0.355 e. The van der Waals surface area contributed by atoms with Gasteiger partial charge in [0.1, 0.15) is 22.6 Å². The van der Waals surface area contributed by atoms with Gasteiger partial charge >= 0.3 is 5.97 Å². The topological polar surface area (TPSA) is 120 Å². The van der Waals surface area contributed by atoms with E-state index in [0.717, 1.165) is 54.7 Å². The van der Waals surface area contributed by atoms with Gasteiger partial charge in [0.25, 0.3) is 0 Å². The number of thiazole rings is 1. The predicted molar refractivity (Wildman–Crippen MR) is 151 cm³/mol. The maximum Gasteiger partial charge on any atom is 0.355 e. The number of aromatic nitrogens is 3. The first kappa shape index (κ1) is 26.8. The quantitative estimate of drug-likeness (QED) is 0.249. The molecule has 208 valence electrons. The van der Waals surface area contributed by atoms with Crippen molar-refractivity contribution < 1.29 is 23.2 Å². The summed E-state index contributed by atoms with van der Waals surface area (Å²) in [6, 6.07) is 12.4. The van der Waals surface area contributed by atoms with Crippen LogP contribution in [0.3, 0.4) is 0 Å². The number of halogens is 1. The summed E-state index contributed by atoms with van der Waals surface area (Å²) in [5.74, 6) is -0.439. The van der Waals surface area contributed by atoms with Crippen LogP contribution < -0.4 is 9.88 Å². The number of hydrogen-bond donors (Lipinski definition) is 2. The molecule has 0 saturated heterocycles. The van der Waals surface area contributed by atoms with Gasteiger partial charge in [-0.1, -0.05) is 18.2 Å². The molecule has 2 fully saturated rings. The third-order valence-electron chi connectivity index (χ3n) is 7.47. The Labute approximate surface area is 237 Å². The molecule has 0 spiro atoms. The average Bonchev–Trinajstić information content (AvgIpc) is 3.27. The highest BCUT2D eigenvalue weighted by atomic mass is 32.2. The molecule has 4 aromatic rings. The molecule has 2 aliphatic carbocycles. The second-order valence-corrected chi connectivity index (χ2v) is 12.3. The Balaban J connectivity index is 1.47. The highest BCUT2D eigenvalue weighted by Gasteiger charge is 2.29. The third-order valence-corrected chi connectivity index (χ3v) is 9.05. The predicted octanol–water partition coefficient (Wildman–Crippen LogP) is 5.68. The molecule has 2 heterocycles. The van der Waals surface area contributed by atoms with Crippen molar-refractivity contribution >= 4 is 28.3 Å². The molecule has 2 saturated carbocycles. The van der Waals surface area contributed by atoms with Crippen LogP contribution in [0.4, 0.5) is 4.39 Å². The third kappa shape index (κ3) is 5.72. The SMILES string of the molecule is NS(=O)c1ccc(Cc2c(-c3cccc(OC4CCCC4)c3)nn(-c3nc(C(=O)O)cs3)c2CC2CC2)cc1F. The van der Waals surface area contributed by atoms with Crippen LogP contribution in [0.5, 0.6) is 5.75 Å². The van der Waals surface area contributed by atoms with Crippen LogP contribution in [-0.4, -0.2) is 36.2 Å². The van der Waals surface area contributed by atoms with Crippen LogP contribution in [0, 0.1) is 11.7 Å². The van der Waals surface area contributed by atoms with Crippen molar-refractivity contribution in [2.45, 2.75) is 62.4 Å². The highest BCUT2D eigenvalue weighted by molar-refractivity contribution is 7.82. The zero-order valence-corrected chi connectivity index (χ0v) is 23.3. The zero-order chi connectivity index (χ0) is 27.8. The molecule has 0 radical (unpaired) electrons. The van der Waals surface area contributed by atoms with Crippen LogP contribution >= 0.6 is 11.3 Å². The van der Waals surface area contributed by atoms with E-state index in [1.807, 2.05) is 24.3 Å². The maximum atomic E-state index is 14.8. The van der Waals surface area contributed by atoms with E-state index < -0.39 is 22.8 Å². The highest BCUT2D eigenvalue weighted by Crippen LogP contribution is 2.39. The van der Waals surface area contributed by atoms with E-state index in [9.17, 15) is 18.5 Å². The number of ether oxygens (including phenoxy) is 1. The van der Waals surface area contributed by atoms with Crippen LogP contribution in [0.1, 0.15) is 65.8 Å². The number of carbonyl (C=O) groups is 1. The number of carboxylic acids is 1. The van der Waals surface area contributed by atoms with E-state index in [1.165, 1.54) is 41.7 Å². The fraction of sp³-hybridized carbons (Fsp3) is 0.345. The second-order valence-electron chi connectivity index (χ2n) is 10.4. The Morgan fingerprint density at radius 3 is 2.65 bits per heavy atom. The van der Waals surface area contributed by atoms with E-state index in [2.05, 4.69) is 4.98 Å². The van der Waals surface area contributed by atoms with Gasteiger partial charge in [0, 0.05) is 22.9 Å². The van der Waals surface area contributed by atoms with Gasteiger partial charge in [-0.3, -0.25) is 0 Å². The van der Waals surface area contributed by atoms with E-state index in [4.69, 9.17) is 15.0 Å². The lowest BCUT2D eigenvalue weighted by atomic mass is 9.97. The normalized spacial score (nSPS) is 16.4. The molecule has 3 N–H and O–H groups in total. The van der Waals surface area contributed by atoms with E-state index in [1.54, 1.807) is 10.7 Å². The van der Waals surface area contributed by atoms with E-state index in [-0.39, 0.29) is 16.7 Å². The van der Waals surface area contributed by atoms with Crippen molar-refractivity contribution in [3.63, 3.8) is 0 Å². The minimum absolute atomic E-state index is 0.0321. The summed E-state index contributed by atoms with van der Waals surface area (Å²) in [6.45, 7) is 0. The Kier molecular flexibility index (Phi) is 7.52. The summed E-state index contributed by atoms with van der Waals surface area (Å²) >= 11 is 1.22. The summed E-state index contributed by atoms with van der Waals surface area (Å²) in [7, 11) is -1.92. The molecule has 1 unspecified atom stereocenters. The van der Waals surface area contributed by atoms with Gasteiger partial charge in [0.15, 0.2) is 5.69 Å². The van der Waals surface area contributed by atoms with Crippen molar-refractivity contribution in [2.24, 2.45) is 11.1 Å². The van der Waals surface area contributed by atoms with Gasteiger partial charge < -0.3 is 9.84 Å². The Morgan fingerprint density at radius 2 is 1.98 bits per heavy atom. The standard InChI is InChI=1S/C29H29FN4O4S2/c30-23-13-18(10-11-26(23)40(31)37)12-22-25(14-17-8-9-17)34(29-32-24(16-39-29)28(35)36)33-27(22)19-4-3-7-21(15-19)38-20-5-1-2-6-20/h3-4,7,10-11,13,15-17,20H,1-2,5-6,8-9,12,14,31H2,(H,35,36). The zero-order valence-electron chi connectivity index (χ0n) is 21.7. The first-order valence-electron chi connectivity index (χ1n) is 13.4. The fourth-order valence-corrected chi connectivity index (χ4v) is 6.49. The van der Waals surface area contributed by atoms with Crippen molar-refractivity contribution in [2.75, 3.05) is 0 Å². The summed E-state index contributed by atoms with van der Waals surface area (Å²) in [6.07, 6.45) is 7.96. The van der Waals surface area contributed by atoms with Gasteiger partial charge in [-0.15, -0.1) is 11.3 Å². The lowest BCUT2D eigenvalue weighted by Crippen LogP contribution is -2.10. The van der Waals surface area contributed by atoms with Crippen molar-refractivity contribution in [1.82, 2.24) is 14.8 Å². The molecule has 6 rings (SSSR count). The number of aromatic carboxylic acids is 1. The molecular formula is C29H29FN4O4S2. The first-order chi connectivity index (χ1) is 19.4. The molecule has 1 atom stereocenters. The van der Waals surface area contributed by atoms with Gasteiger partial charge in [-0.05, 0) is 80.7 Å². The summed E-state index contributed by atoms with van der Waals surface area (Å²) in [5, 5.41) is 21.9. The second kappa shape index (κ2) is 11.2. The molecule has 11 heteroatoms. The van der Waals surface area contributed by atoms with Crippen molar-refractivity contribution in [3.8, 4) is 22.1 Å². The lowest BCUT2D eigenvalue weighted by Gasteiger charge is -2.14. The molecule has 0 bridgehead atoms. The van der Waals surface area contributed by atoms with Gasteiger partial charge in [0.2, 0.25) is 5.13 Å². The molecular weight excluding hydrogens is 551 g/mol. The largest absolute Gasteiger partial charge is 0.490 e. The Morgan fingerprint density at radius 1 is 1.18 bits per heavy atom. The van der Waals surface area contributed by atoms with Gasteiger partial charge in [-0.2, -0.15) is 5.10 Å². The molecule has 2 aromatic carbocycles. The molecule has 0 aliphatic heterocycles. The summed E-state index contributed by atoms with van der Waals surface area (Å²) < 4.78 is 34.5. The van der Waals surface area contributed by atoms with E-state index >= 15 is 0 Å². The molecule has 2 aromatic heterocycles. The minimum Gasteiger partial charge on any atom is -0.490 e. The maximum absolute atomic E-state index is 14.8. The van der Waals surface area contributed by atoms with Crippen LogP contribution in [0.2, 0.25) is 0 Å². The summed E-state index contributed by atoms with van der Waals surface area (Å²) in [5.41, 5.74) is 4.07. The van der Waals surface area contributed by atoms with Crippen LogP contribution in [0.15, 0.2) is 52.7 Å². The summed E-state index contributed by atoms with van der Waals surface area (Å²) in [4.78, 5) is 15.9. The van der Waals surface area contributed by atoms with Gasteiger partial charge in [-0.25, -0.2) is 28.2 Å². The van der Waals surface area contributed by atoms with Gasteiger partial charge in [0.05, 0.1) is 22.4 Å². The molecule has 2 aliphatic rings. The lowest BCUT2D eigenvalue weighted by molar-refractivity contribution is 0.0691. The molecule has 8 nitrogen and oxygen atoms in total. The number of rotatable bonds is 10. The van der Waals surface area contributed by atoms with Crippen LogP contribution in [-0.2, 0) is 23.8 Å². The Hall–Kier alpha value is -3.41. The van der Waals surface area contributed by atoms with Crippen molar-refractivity contribution in [3.05, 3.63) is 76.2 Å². The molecule has 40 heavy (non-hydrogen) atoms. The van der Waals surface area contributed by atoms with E-state index in [0.29, 0.717) is 28.7 Å². The van der Waals surface area contributed by atoms with Crippen LogP contribution in [0.25, 0.3) is 16.4 Å². The monoisotopic (exact) mass is 580 g/mol. The molecule has 0 amide bonds. The minimum atomic E-state index is -1.92. The van der Waals surface area contributed by atoms with Crippen molar-refractivity contribution in [1.29, 1.82) is 0 Å².